The zero-order valence-electron chi connectivity index (χ0n) is 19.4. The Labute approximate surface area is 204 Å². The van der Waals surface area contributed by atoms with E-state index < -0.39 is 0 Å². The highest BCUT2D eigenvalue weighted by Crippen LogP contribution is 2.32. The first-order valence-corrected chi connectivity index (χ1v) is 12.3. The average molecular weight is 470 g/mol. The highest BCUT2D eigenvalue weighted by molar-refractivity contribution is 7.08. The summed E-state index contributed by atoms with van der Waals surface area (Å²) in [4.78, 5) is 16.2. The van der Waals surface area contributed by atoms with Crippen molar-refractivity contribution in [2.45, 2.75) is 25.4 Å². The summed E-state index contributed by atoms with van der Waals surface area (Å²) in [6.07, 6.45) is 1.70. The summed E-state index contributed by atoms with van der Waals surface area (Å²) in [5, 5.41) is 4.14. The highest BCUT2D eigenvalue weighted by Gasteiger charge is 2.31. The van der Waals surface area contributed by atoms with E-state index in [9.17, 15) is 4.79 Å². The first kappa shape index (κ1) is 22.2. The zero-order valence-corrected chi connectivity index (χ0v) is 20.2. The normalized spacial score (nSPS) is 12.9. The summed E-state index contributed by atoms with van der Waals surface area (Å²) in [6, 6.07) is 24.4. The fourth-order valence-corrected chi connectivity index (χ4v) is 5.43. The average Bonchev–Trinajstić information content (AvgIpc) is 3.57. The number of amides is 1. The van der Waals surface area contributed by atoms with Crippen LogP contribution in [-0.4, -0.2) is 31.1 Å². The molecule has 0 fully saturated rings. The molecule has 0 aliphatic heterocycles. The van der Waals surface area contributed by atoms with Gasteiger partial charge >= 0.3 is 0 Å². The number of thiophene rings is 1. The number of hydrogen-bond donors (Lipinski definition) is 0. The minimum atomic E-state index is 0.0430. The van der Waals surface area contributed by atoms with Gasteiger partial charge in [-0.2, -0.15) is 11.3 Å². The number of carbonyl (C=O) groups excluding carboxylic acids is 1. The van der Waals surface area contributed by atoms with Gasteiger partial charge < -0.3 is 14.4 Å². The number of carbonyl (C=O) groups is 1. The van der Waals surface area contributed by atoms with Gasteiger partial charge in [0.2, 0.25) is 0 Å². The van der Waals surface area contributed by atoms with Crippen molar-refractivity contribution >= 4 is 17.2 Å². The molecule has 0 bridgehead atoms. The Morgan fingerprint density at radius 2 is 1.56 bits per heavy atom. The van der Waals surface area contributed by atoms with Crippen LogP contribution in [0.15, 0.2) is 83.6 Å². The number of fused-ring (bicyclic) bond motifs is 1. The van der Waals surface area contributed by atoms with Gasteiger partial charge in [-0.1, -0.05) is 42.5 Å². The first-order valence-electron chi connectivity index (χ1n) is 11.4. The Balaban J connectivity index is 1.54. The van der Waals surface area contributed by atoms with E-state index in [1.54, 1.807) is 25.6 Å². The summed E-state index contributed by atoms with van der Waals surface area (Å²) in [5.41, 5.74) is 6.39. The summed E-state index contributed by atoms with van der Waals surface area (Å²) in [5.74, 6) is 1.48. The Bertz CT molecular complexity index is 1250. The van der Waals surface area contributed by atoms with E-state index in [0.717, 1.165) is 46.6 Å². The Morgan fingerprint density at radius 1 is 0.912 bits per heavy atom. The number of hydrogen-bond acceptors (Lipinski definition) is 4. The van der Waals surface area contributed by atoms with Crippen LogP contribution in [0, 0.1) is 0 Å². The second-order valence-electron chi connectivity index (χ2n) is 8.54. The third kappa shape index (κ3) is 4.44. The standard InChI is InChI=1S/C29H27NO3S/c1-32-25-13-20(14-26(17-25)33-2)18-30(24-15-21-7-3-4-8-22(21)16-24)29(31)28-10-6-5-9-27(28)23-11-12-34-19-23/h3-14,17,19,24H,15-16,18H2,1-2H3. The third-order valence-electron chi connectivity index (χ3n) is 6.48. The summed E-state index contributed by atoms with van der Waals surface area (Å²) in [7, 11) is 3.29. The van der Waals surface area contributed by atoms with Crippen molar-refractivity contribution in [3.63, 3.8) is 0 Å². The summed E-state index contributed by atoms with van der Waals surface area (Å²) in [6.45, 7) is 0.475. The summed E-state index contributed by atoms with van der Waals surface area (Å²) < 4.78 is 11.0. The Morgan fingerprint density at radius 3 is 2.18 bits per heavy atom. The van der Waals surface area contributed by atoms with Crippen LogP contribution in [0.5, 0.6) is 11.5 Å². The Hall–Kier alpha value is -3.57. The predicted octanol–water partition coefficient (Wildman–Crippen LogP) is 6.24. The number of rotatable bonds is 7. The fourth-order valence-electron chi connectivity index (χ4n) is 4.77. The molecule has 4 aromatic rings. The fraction of sp³-hybridized carbons (Fsp3) is 0.207. The molecule has 0 saturated heterocycles. The molecule has 4 nitrogen and oxygen atoms in total. The SMILES string of the molecule is COc1cc(CN(C(=O)c2ccccc2-c2ccsc2)C2Cc3ccccc3C2)cc(OC)c1. The molecule has 34 heavy (non-hydrogen) atoms. The summed E-state index contributed by atoms with van der Waals surface area (Å²) >= 11 is 1.64. The van der Waals surface area contributed by atoms with Crippen molar-refractivity contribution in [3.05, 3.63) is 106 Å². The molecule has 3 aromatic carbocycles. The van der Waals surface area contributed by atoms with Crippen LogP contribution in [0.2, 0.25) is 0 Å². The molecule has 0 spiro atoms. The van der Waals surface area contributed by atoms with Gasteiger partial charge in [-0.05, 0) is 75.7 Å². The van der Waals surface area contributed by atoms with Crippen molar-refractivity contribution in [2.75, 3.05) is 14.2 Å². The minimum Gasteiger partial charge on any atom is -0.497 e. The highest BCUT2D eigenvalue weighted by atomic mass is 32.1. The maximum atomic E-state index is 14.2. The van der Waals surface area contributed by atoms with Crippen molar-refractivity contribution in [3.8, 4) is 22.6 Å². The molecule has 1 amide bonds. The van der Waals surface area contributed by atoms with Crippen molar-refractivity contribution in [1.82, 2.24) is 4.90 Å². The van der Waals surface area contributed by atoms with E-state index in [2.05, 4.69) is 35.7 Å². The Kier molecular flexibility index (Phi) is 6.37. The van der Waals surface area contributed by atoms with E-state index in [1.165, 1.54) is 11.1 Å². The van der Waals surface area contributed by atoms with Gasteiger partial charge in [-0.15, -0.1) is 0 Å². The maximum Gasteiger partial charge on any atom is 0.255 e. The van der Waals surface area contributed by atoms with E-state index >= 15 is 0 Å². The van der Waals surface area contributed by atoms with Crippen LogP contribution < -0.4 is 9.47 Å². The molecule has 0 radical (unpaired) electrons. The molecule has 172 valence electrons. The molecule has 5 heteroatoms. The van der Waals surface area contributed by atoms with Crippen molar-refractivity contribution in [2.24, 2.45) is 0 Å². The molecule has 0 N–H and O–H groups in total. The van der Waals surface area contributed by atoms with Gasteiger partial charge in [0.05, 0.1) is 14.2 Å². The number of nitrogens with zero attached hydrogens (tertiary/aromatic N) is 1. The monoisotopic (exact) mass is 469 g/mol. The topological polar surface area (TPSA) is 38.8 Å². The molecule has 0 atom stereocenters. The smallest absolute Gasteiger partial charge is 0.255 e. The number of benzene rings is 3. The van der Waals surface area contributed by atoms with Gasteiger partial charge in [-0.25, -0.2) is 0 Å². The van der Waals surface area contributed by atoms with Crippen molar-refractivity contribution < 1.29 is 14.3 Å². The molecule has 1 aromatic heterocycles. The minimum absolute atomic E-state index is 0.0430. The molecule has 1 aliphatic rings. The molecular weight excluding hydrogens is 442 g/mol. The third-order valence-corrected chi connectivity index (χ3v) is 7.17. The molecule has 5 rings (SSSR count). The molecular formula is C29H27NO3S. The van der Waals surface area contributed by atoms with Crippen molar-refractivity contribution in [1.29, 1.82) is 0 Å². The van der Waals surface area contributed by atoms with Crippen LogP contribution >= 0.6 is 11.3 Å². The van der Waals surface area contributed by atoms with E-state index in [4.69, 9.17) is 9.47 Å². The lowest BCUT2D eigenvalue weighted by Crippen LogP contribution is -2.40. The van der Waals surface area contributed by atoms with E-state index in [0.29, 0.717) is 6.54 Å². The van der Waals surface area contributed by atoms with E-state index in [-0.39, 0.29) is 11.9 Å². The van der Waals surface area contributed by atoms with Gasteiger partial charge in [0.25, 0.3) is 5.91 Å². The van der Waals surface area contributed by atoms with Gasteiger partial charge in [-0.3, -0.25) is 4.79 Å². The predicted molar refractivity (Wildman–Crippen MR) is 137 cm³/mol. The van der Waals surface area contributed by atoms with Gasteiger partial charge in [0, 0.05) is 24.2 Å². The largest absolute Gasteiger partial charge is 0.497 e. The molecule has 1 aliphatic carbocycles. The first-order chi connectivity index (χ1) is 16.7. The lowest BCUT2D eigenvalue weighted by Gasteiger charge is -2.30. The molecule has 1 heterocycles. The second kappa shape index (κ2) is 9.74. The van der Waals surface area contributed by atoms with Crippen LogP contribution in [0.3, 0.4) is 0 Å². The number of ether oxygens (including phenoxy) is 2. The van der Waals surface area contributed by atoms with Crippen LogP contribution in [-0.2, 0) is 19.4 Å². The lowest BCUT2D eigenvalue weighted by molar-refractivity contribution is 0.0668. The van der Waals surface area contributed by atoms with Crippen LogP contribution in [0.1, 0.15) is 27.0 Å². The van der Waals surface area contributed by atoms with Crippen LogP contribution in [0.25, 0.3) is 11.1 Å². The molecule has 0 unspecified atom stereocenters. The van der Waals surface area contributed by atoms with Crippen LogP contribution in [0.4, 0.5) is 0 Å². The van der Waals surface area contributed by atoms with E-state index in [1.807, 2.05) is 52.7 Å². The number of methoxy groups -OCH3 is 2. The van der Waals surface area contributed by atoms with Gasteiger partial charge in [0.15, 0.2) is 0 Å². The zero-order chi connectivity index (χ0) is 23.5. The second-order valence-corrected chi connectivity index (χ2v) is 9.32. The quantitative estimate of drug-likeness (QED) is 0.321. The molecule has 0 saturated carbocycles. The maximum absolute atomic E-state index is 14.2. The lowest BCUT2D eigenvalue weighted by atomic mass is 9.99. The van der Waals surface area contributed by atoms with Gasteiger partial charge in [0.1, 0.15) is 11.5 Å².